The van der Waals surface area contributed by atoms with Crippen molar-refractivity contribution in [3.63, 3.8) is 0 Å². The maximum Gasteiger partial charge on any atom is 0.338 e. The minimum absolute atomic E-state index is 0.191. The lowest BCUT2D eigenvalue weighted by molar-refractivity contribution is -0.123. The van der Waals surface area contributed by atoms with Gasteiger partial charge in [-0.2, -0.15) is 0 Å². The number of halogens is 1. The molecule has 1 unspecified atom stereocenters. The number of para-hydroxylation sites is 1. The van der Waals surface area contributed by atoms with E-state index >= 15 is 0 Å². The number of esters is 1. The smallest absolute Gasteiger partial charge is 0.338 e. The highest BCUT2D eigenvalue weighted by atomic mass is 19.1. The second-order valence-corrected chi connectivity index (χ2v) is 4.41. The van der Waals surface area contributed by atoms with E-state index in [9.17, 15) is 14.0 Å². The van der Waals surface area contributed by atoms with Crippen molar-refractivity contribution in [2.45, 2.75) is 13.0 Å². The van der Waals surface area contributed by atoms with Crippen LogP contribution >= 0.6 is 0 Å². The maximum atomic E-state index is 12.8. The van der Waals surface area contributed by atoms with E-state index in [0.717, 1.165) is 12.1 Å². The third-order valence-electron chi connectivity index (χ3n) is 2.77. The average Bonchev–Trinajstić information content (AvgIpc) is 2.48. The summed E-state index contributed by atoms with van der Waals surface area (Å²) in [7, 11) is 0. The molecule has 0 aliphatic rings. The van der Waals surface area contributed by atoms with E-state index in [4.69, 9.17) is 4.74 Å². The monoisotopic (exact) mass is 287 g/mol. The summed E-state index contributed by atoms with van der Waals surface area (Å²) in [6.07, 6.45) is -0.956. The Hall–Kier alpha value is -2.69. The van der Waals surface area contributed by atoms with Gasteiger partial charge in [0.1, 0.15) is 5.82 Å². The quantitative estimate of drug-likeness (QED) is 0.879. The van der Waals surface area contributed by atoms with Crippen LogP contribution in [0.5, 0.6) is 0 Å². The van der Waals surface area contributed by atoms with Crippen LogP contribution < -0.4 is 5.32 Å². The molecule has 1 atom stereocenters. The van der Waals surface area contributed by atoms with Gasteiger partial charge in [0.15, 0.2) is 6.10 Å². The number of carbonyl (C=O) groups excluding carboxylic acids is 2. The Labute approximate surface area is 121 Å². The molecule has 2 aromatic rings. The highest BCUT2D eigenvalue weighted by Crippen LogP contribution is 2.09. The lowest BCUT2D eigenvalue weighted by Gasteiger charge is -2.13. The molecule has 4 nitrogen and oxygen atoms in total. The summed E-state index contributed by atoms with van der Waals surface area (Å²) in [6.45, 7) is 1.47. The molecule has 21 heavy (non-hydrogen) atoms. The molecule has 0 saturated carbocycles. The summed E-state index contributed by atoms with van der Waals surface area (Å²) >= 11 is 0. The molecule has 1 N–H and O–H groups in total. The van der Waals surface area contributed by atoms with Gasteiger partial charge in [-0.15, -0.1) is 0 Å². The van der Waals surface area contributed by atoms with Crippen LogP contribution in [0.25, 0.3) is 0 Å². The lowest BCUT2D eigenvalue weighted by Crippen LogP contribution is -2.29. The summed E-state index contributed by atoms with van der Waals surface area (Å²) < 4.78 is 17.8. The van der Waals surface area contributed by atoms with E-state index in [-0.39, 0.29) is 5.56 Å². The molecule has 0 aliphatic carbocycles. The number of carbonyl (C=O) groups is 2. The molecule has 0 spiro atoms. The number of hydrogen-bond acceptors (Lipinski definition) is 3. The zero-order valence-corrected chi connectivity index (χ0v) is 11.4. The molecule has 0 fully saturated rings. The molecular weight excluding hydrogens is 273 g/mol. The van der Waals surface area contributed by atoms with Gasteiger partial charge in [0.05, 0.1) is 5.56 Å². The first-order valence-electron chi connectivity index (χ1n) is 6.39. The Balaban J connectivity index is 1.94. The molecular formula is C16H14FNO3. The third kappa shape index (κ3) is 4.14. The Morgan fingerprint density at radius 2 is 1.67 bits per heavy atom. The van der Waals surface area contributed by atoms with E-state index in [1.807, 2.05) is 6.07 Å². The van der Waals surface area contributed by atoms with E-state index in [2.05, 4.69) is 5.32 Å². The summed E-state index contributed by atoms with van der Waals surface area (Å²) in [5.74, 6) is -1.55. The zero-order chi connectivity index (χ0) is 15.2. The molecule has 2 aromatic carbocycles. The van der Waals surface area contributed by atoms with Crippen LogP contribution in [-0.2, 0) is 9.53 Å². The summed E-state index contributed by atoms with van der Waals surface area (Å²) in [5.41, 5.74) is 0.808. The molecule has 1 amide bonds. The molecule has 5 heteroatoms. The van der Waals surface area contributed by atoms with Crippen LogP contribution in [0, 0.1) is 5.82 Å². The van der Waals surface area contributed by atoms with Crippen molar-refractivity contribution in [1.82, 2.24) is 0 Å². The Bertz CT molecular complexity index is 626. The van der Waals surface area contributed by atoms with Crippen molar-refractivity contribution in [3.05, 3.63) is 66.0 Å². The van der Waals surface area contributed by atoms with Crippen molar-refractivity contribution < 1.29 is 18.7 Å². The Morgan fingerprint density at radius 1 is 1.05 bits per heavy atom. The van der Waals surface area contributed by atoms with Crippen molar-refractivity contribution in [3.8, 4) is 0 Å². The van der Waals surface area contributed by atoms with Crippen LogP contribution in [-0.4, -0.2) is 18.0 Å². The second-order valence-electron chi connectivity index (χ2n) is 4.41. The fourth-order valence-corrected chi connectivity index (χ4v) is 1.63. The fourth-order valence-electron chi connectivity index (χ4n) is 1.63. The number of amides is 1. The van der Waals surface area contributed by atoms with Crippen LogP contribution in [0.2, 0.25) is 0 Å². The van der Waals surface area contributed by atoms with E-state index in [1.165, 1.54) is 19.1 Å². The van der Waals surface area contributed by atoms with Crippen LogP contribution in [0.3, 0.4) is 0 Å². The predicted molar refractivity (Wildman–Crippen MR) is 76.3 cm³/mol. The van der Waals surface area contributed by atoms with Gasteiger partial charge < -0.3 is 10.1 Å². The summed E-state index contributed by atoms with van der Waals surface area (Å²) in [5, 5.41) is 2.63. The molecule has 0 radical (unpaired) electrons. The van der Waals surface area contributed by atoms with E-state index in [0.29, 0.717) is 5.69 Å². The average molecular weight is 287 g/mol. The number of nitrogens with one attached hydrogen (secondary N) is 1. The minimum atomic E-state index is -0.956. The lowest BCUT2D eigenvalue weighted by atomic mass is 10.2. The molecule has 0 heterocycles. The number of hydrogen-bond donors (Lipinski definition) is 1. The molecule has 0 aromatic heterocycles. The highest BCUT2D eigenvalue weighted by molar-refractivity contribution is 5.97. The molecule has 0 bridgehead atoms. The predicted octanol–water partition coefficient (Wildman–Crippen LogP) is 3.01. The van der Waals surface area contributed by atoms with Crippen LogP contribution in [0.15, 0.2) is 54.6 Å². The number of rotatable bonds is 4. The number of anilines is 1. The molecule has 0 saturated heterocycles. The molecule has 0 aliphatic heterocycles. The van der Waals surface area contributed by atoms with Crippen molar-refractivity contribution in [2.75, 3.05) is 5.32 Å². The van der Waals surface area contributed by atoms with Crippen LogP contribution in [0.1, 0.15) is 17.3 Å². The zero-order valence-electron chi connectivity index (χ0n) is 11.4. The second kappa shape index (κ2) is 6.65. The largest absolute Gasteiger partial charge is 0.449 e. The van der Waals surface area contributed by atoms with E-state index < -0.39 is 23.8 Å². The first-order valence-corrected chi connectivity index (χ1v) is 6.39. The van der Waals surface area contributed by atoms with Crippen molar-refractivity contribution >= 4 is 17.6 Å². The van der Waals surface area contributed by atoms with Gasteiger partial charge in [-0.05, 0) is 43.3 Å². The van der Waals surface area contributed by atoms with Crippen LogP contribution in [0.4, 0.5) is 10.1 Å². The first kappa shape index (κ1) is 14.7. The van der Waals surface area contributed by atoms with Crippen molar-refractivity contribution in [2.24, 2.45) is 0 Å². The topological polar surface area (TPSA) is 55.4 Å². The Kier molecular flexibility index (Phi) is 4.66. The molecule has 2 rings (SSSR count). The maximum absolute atomic E-state index is 12.8. The fraction of sp³-hybridized carbons (Fsp3) is 0.125. The molecule has 108 valence electrons. The normalized spacial score (nSPS) is 11.5. The van der Waals surface area contributed by atoms with Crippen molar-refractivity contribution in [1.29, 1.82) is 0 Å². The van der Waals surface area contributed by atoms with Gasteiger partial charge in [0.25, 0.3) is 5.91 Å². The highest BCUT2D eigenvalue weighted by Gasteiger charge is 2.18. The van der Waals surface area contributed by atoms with Gasteiger partial charge in [-0.3, -0.25) is 4.79 Å². The van der Waals surface area contributed by atoms with Gasteiger partial charge >= 0.3 is 5.97 Å². The van der Waals surface area contributed by atoms with Gasteiger partial charge in [-0.25, -0.2) is 9.18 Å². The first-order chi connectivity index (χ1) is 10.1. The standard InChI is InChI=1S/C16H14FNO3/c1-11(15(19)18-14-5-3-2-4-6-14)21-16(20)12-7-9-13(17)10-8-12/h2-11H,1H3,(H,18,19). The summed E-state index contributed by atoms with van der Waals surface area (Å²) in [4.78, 5) is 23.7. The minimum Gasteiger partial charge on any atom is -0.449 e. The third-order valence-corrected chi connectivity index (χ3v) is 2.77. The number of ether oxygens (including phenoxy) is 1. The van der Waals surface area contributed by atoms with Gasteiger partial charge in [0.2, 0.25) is 0 Å². The summed E-state index contributed by atoms with van der Waals surface area (Å²) in [6, 6.07) is 13.8. The number of benzene rings is 2. The SMILES string of the molecule is CC(OC(=O)c1ccc(F)cc1)C(=O)Nc1ccccc1. The van der Waals surface area contributed by atoms with E-state index in [1.54, 1.807) is 24.3 Å². The Morgan fingerprint density at radius 3 is 2.29 bits per heavy atom. The van der Waals surface area contributed by atoms with Gasteiger partial charge in [-0.1, -0.05) is 18.2 Å². The van der Waals surface area contributed by atoms with Gasteiger partial charge in [0, 0.05) is 5.69 Å².